The lowest BCUT2D eigenvalue weighted by Crippen LogP contribution is -2.68. The van der Waals surface area contributed by atoms with E-state index >= 15 is 8.78 Å². The summed E-state index contributed by atoms with van der Waals surface area (Å²) in [5, 5.41) is 6.71. The van der Waals surface area contributed by atoms with Gasteiger partial charge in [-0.3, -0.25) is 4.79 Å². The smallest absolute Gasteiger partial charge is 0.410 e. The van der Waals surface area contributed by atoms with Gasteiger partial charge in [0.1, 0.15) is 11.4 Å². The van der Waals surface area contributed by atoms with Crippen LogP contribution in [0.15, 0.2) is 52.9 Å². The lowest BCUT2D eigenvalue weighted by molar-refractivity contribution is -0.141. The maximum absolute atomic E-state index is 15.6. The molecule has 2 heterocycles. The first kappa shape index (κ1) is 26.1. The molecule has 1 aliphatic heterocycles. The number of para-hydroxylation sites is 1. The molecule has 2 amide bonds. The third-order valence-corrected chi connectivity index (χ3v) is 5.49. The van der Waals surface area contributed by atoms with Crippen molar-refractivity contribution in [3.63, 3.8) is 0 Å². The van der Waals surface area contributed by atoms with Crippen molar-refractivity contribution < 1.29 is 36.3 Å². The van der Waals surface area contributed by atoms with E-state index < -0.39 is 54.5 Å². The molecule has 12 heteroatoms. The Morgan fingerprint density at radius 3 is 2.38 bits per heavy atom. The number of carbonyl (C=O) groups excluding carboxylic acids is 2. The molecule has 196 valence electrons. The summed E-state index contributed by atoms with van der Waals surface area (Å²) in [6.07, 6.45) is -3.71. The summed E-state index contributed by atoms with van der Waals surface area (Å²) in [6, 6.07) is 11.8. The fourth-order valence-electron chi connectivity index (χ4n) is 3.70. The number of amides is 2. The van der Waals surface area contributed by atoms with E-state index in [1.807, 2.05) is 0 Å². The molecule has 1 fully saturated rings. The van der Waals surface area contributed by atoms with Crippen LogP contribution >= 0.6 is 0 Å². The maximum atomic E-state index is 15.6. The highest BCUT2D eigenvalue weighted by molar-refractivity contribution is 6.01. The van der Waals surface area contributed by atoms with Gasteiger partial charge < -0.3 is 19.0 Å². The number of anilines is 1. The first-order chi connectivity index (χ1) is 17.4. The van der Waals surface area contributed by atoms with Gasteiger partial charge in [-0.2, -0.15) is 8.78 Å². The van der Waals surface area contributed by atoms with Gasteiger partial charge in [0.2, 0.25) is 11.6 Å². The van der Waals surface area contributed by atoms with Crippen LogP contribution in [0.25, 0.3) is 11.5 Å². The highest BCUT2D eigenvalue weighted by atomic mass is 19.3. The molecular weight excluding hydrogens is 496 g/mol. The molecule has 0 saturated carbocycles. The Balaban J connectivity index is 1.55. The number of hydrogen-bond acceptors (Lipinski definition) is 6. The zero-order valence-corrected chi connectivity index (χ0v) is 20.3. The lowest BCUT2D eigenvalue weighted by Gasteiger charge is -2.45. The highest BCUT2D eigenvalue weighted by Crippen LogP contribution is 2.33. The minimum absolute atomic E-state index is 0.0291. The van der Waals surface area contributed by atoms with E-state index in [9.17, 15) is 18.4 Å². The van der Waals surface area contributed by atoms with E-state index in [1.54, 1.807) is 51.1 Å². The van der Waals surface area contributed by atoms with Gasteiger partial charge in [-0.05, 0) is 45.0 Å². The largest absolute Gasteiger partial charge is 0.444 e. The van der Waals surface area contributed by atoms with Crippen LogP contribution in [0.4, 0.5) is 28.0 Å². The number of rotatable bonds is 6. The van der Waals surface area contributed by atoms with Crippen molar-refractivity contribution in [1.82, 2.24) is 15.1 Å². The molecule has 0 radical (unpaired) electrons. The van der Waals surface area contributed by atoms with E-state index in [0.29, 0.717) is 5.69 Å². The van der Waals surface area contributed by atoms with Gasteiger partial charge in [0.05, 0.1) is 19.6 Å². The van der Waals surface area contributed by atoms with Gasteiger partial charge in [-0.15, -0.1) is 10.2 Å². The summed E-state index contributed by atoms with van der Waals surface area (Å²) in [5.41, 5.74) is -2.76. The summed E-state index contributed by atoms with van der Waals surface area (Å²) in [6.45, 7) is 3.67. The molecule has 37 heavy (non-hydrogen) atoms. The molecule has 1 aromatic heterocycles. The average Bonchev–Trinajstić information content (AvgIpc) is 3.31. The maximum Gasteiger partial charge on any atom is 0.410 e. The van der Waals surface area contributed by atoms with Gasteiger partial charge in [0, 0.05) is 16.8 Å². The third kappa shape index (κ3) is 5.73. The van der Waals surface area contributed by atoms with Gasteiger partial charge >= 0.3 is 12.5 Å². The van der Waals surface area contributed by atoms with Crippen LogP contribution < -0.4 is 4.90 Å². The van der Waals surface area contributed by atoms with Crippen LogP contribution in [0.3, 0.4) is 0 Å². The number of benzene rings is 2. The van der Waals surface area contributed by atoms with Crippen molar-refractivity contribution in [1.29, 1.82) is 0 Å². The quantitative estimate of drug-likeness (QED) is 0.410. The molecule has 8 nitrogen and oxygen atoms in total. The van der Waals surface area contributed by atoms with Gasteiger partial charge in [0.25, 0.3) is 11.8 Å². The van der Waals surface area contributed by atoms with Gasteiger partial charge in [-0.1, -0.05) is 24.3 Å². The number of hydrogen-bond donors (Lipinski definition) is 0. The highest BCUT2D eigenvalue weighted by Gasteiger charge is 2.54. The van der Waals surface area contributed by atoms with Crippen LogP contribution in [-0.2, 0) is 16.1 Å². The number of halogens is 4. The Labute approximate surface area is 209 Å². The molecule has 0 atom stereocenters. The Morgan fingerprint density at radius 1 is 1.14 bits per heavy atom. The second-order valence-electron chi connectivity index (χ2n) is 9.58. The van der Waals surface area contributed by atoms with Crippen molar-refractivity contribution in [2.45, 2.75) is 45.0 Å². The SMILES string of the molecule is CC(C)(C)OC(=O)N1CC(F)(C(=O)N(Cc2ccc(-c3nnc(C(F)F)o3)cc2F)c2ccccc2)C1. The second kappa shape index (κ2) is 9.83. The monoisotopic (exact) mass is 520 g/mol. The topological polar surface area (TPSA) is 88.8 Å². The fraction of sp³-hybridized carbons (Fsp3) is 0.360. The Bertz CT molecular complexity index is 1290. The first-order valence-electron chi connectivity index (χ1n) is 11.3. The summed E-state index contributed by atoms with van der Waals surface area (Å²) in [5.74, 6) is -2.92. The summed E-state index contributed by atoms with van der Waals surface area (Å²) in [7, 11) is 0. The second-order valence-corrected chi connectivity index (χ2v) is 9.58. The van der Waals surface area contributed by atoms with Gasteiger partial charge in [0.15, 0.2) is 0 Å². The molecular formula is C25H24F4N4O4. The molecule has 1 aliphatic rings. The molecule has 0 bridgehead atoms. The molecule has 0 aliphatic carbocycles. The molecule has 0 N–H and O–H groups in total. The van der Waals surface area contributed by atoms with Crippen molar-refractivity contribution >= 4 is 17.7 Å². The van der Waals surface area contributed by atoms with Crippen molar-refractivity contribution in [3.05, 3.63) is 65.8 Å². The number of nitrogens with zero attached hydrogens (tertiary/aromatic N) is 4. The third-order valence-electron chi connectivity index (χ3n) is 5.49. The van der Waals surface area contributed by atoms with Crippen LogP contribution in [0.5, 0.6) is 0 Å². The van der Waals surface area contributed by atoms with Crippen LogP contribution in [0.1, 0.15) is 38.7 Å². The molecule has 2 aromatic carbocycles. The zero-order valence-electron chi connectivity index (χ0n) is 20.3. The molecule has 0 spiro atoms. The minimum Gasteiger partial charge on any atom is -0.444 e. The summed E-state index contributed by atoms with van der Waals surface area (Å²) in [4.78, 5) is 27.7. The van der Waals surface area contributed by atoms with Crippen LogP contribution in [0.2, 0.25) is 0 Å². The lowest BCUT2D eigenvalue weighted by atomic mass is 9.94. The molecule has 4 rings (SSSR count). The normalized spacial score (nSPS) is 14.9. The standard InChI is InChI=1S/C25H24F4N4O4/c1-24(2,3)37-23(35)32-13-25(29,14-32)22(34)33(17-7-5-4-6-8-17)12-16-10-9-15(11-18(16)26)20-30-31-21(36-20)19(27)28/h4-11,19H,12-14H2,1-3H3. The number of aromatic nitrogens is 2. The molecule has 3 aromatic rings. The van der Waals surface area contributed by atoms with E-state index in [1.165, 1.54) is 12.1 Å². The summed E-state index contributed by atoms with van der Waals surface area (Å²) >= 11 is 0. The van der Waals surface area contributed by atoms with E-state index in [4.69, 9.17) is 9.15 Å². The minimum atomic E-state index is -2.97. The van der Waals surface area contributed by atoms with E-state index in [0.717, 1.165) is 15.9 Å². The number of alkyl halides is 3. The first-order valence-corrected chi connectivity index (χ1v) is 11.3. The zero-order chi connectivity index (χ0) is 27.0. The van der Waals surface area contributed by atoms with Crippen LogP contribution in [0, 0.1) is 5.82 Å². The number of carbonyl (C=O) groups is 2. The average molecular weight is 520 g/mol. The van der Waals surface area contributed by atoms with Crippen LogP contribution in [-0.4, -0.2) is 51.5 Å². The van der Waals surface area contributed by atoms with E-state index in [2.05, 4.69) is 10.2 Å². The summed E-state index contributed by atoms with van der Waals surface area (Å²) < 4.78 is 66.1. The van der Waals surface area contributed by atoms with Gasteiger partial charge in [-0.25, -0.2) is 13.6 Å². The molecule has 1 saturated heterocycles. The number of ether oxygens (including phenoxy) is 1. The number of likely N-dealkylation sites (tertiary alicyclic amines) is 1. The van der Waals surface area contributed by atoms with Crippen molar-refractivity contribution in [3.8, 4) is 11.5 Å². The van der Waals surface area contributed by atoms with Crippen molar-refractivity contribution in [2.75, 3.05) is 18.0 Å². The van der Waals surface area contributed by atoms with E-state index in [-0.39, 0.29) is 23.6 Å². The Kier molecular flexibility index (Phi) is 6.94. The Hall–Kier alpha value is -3.96. The fourth-order valence-corrected chi connectivity index (χ4v) is 3.70. The predicted octanol–water partition coefficient (Wildman–Crippen LogP) is 5.31. The predicted molar refractivity (Wildman–Crippen MR) is 124 cm³/mol. The molecule has 0 unspecified atom stereocenters. The Morgan fingerprint density at radius 2 is 1.81 bits per heavy atom. The van der Waals surface area contributed by atoms with Crippen molar-refractivity contribution in [2.24, 2.45) is 0 Å².